The lowest BCUT2D eigenvalue weighted by Crippen LogP contribution is -2.08. The lowest BCUT2D eigenvalue weighted by Gasteiger charge is -2.14. The Morgan fingerprint density at radius 2 is 1.10 bits per heavy atom. The Morgan fingerprint density at radius 1 is 0.595 bits per heavy atom. The molecule has 3 rings (SSSR count). The molecule has 0 bridgehead atoms. The van der Waals surface area contributed by atoms with Gasteiger partial charge in [0.05, 0.1) is 11.7 Å². The van der Waals surface area contributed by atoms with E-state index < -0.39 is 0 Å². The number of carbonyl (C=O) groups excluding carboxylic acids is 1. The van der Waals surface area contributed by atoms with Gasteiger partial charge in [0.2, 0.25) is 0 Å². The van der Waals surface area contributed by atoms with E-state index in [-0.39, 0.29) is 12.1 Å². The number of unbranched alkanes of at least 4 members (excludes halogenated alkanes) is 12. The second-order valence-corrected chi connectivity index (χ2v) is 11.7. The van der Waals surface area contributed by atoms with Crippen LogP contribution < -0.4 is 4.74 Å². The Kier molecular flexibility index (Phi) is 16.1. The first-order chi connectivity index (χ1) is 20.6. The van der Waals surface area contributed by atoms with Gasteiger partial charge in [0.25, 0.3) is 0 Å². The molecule has 1 atom stereocenters. The highest BCUT2D eigenvalue weighted by molar-refractivity contribution is 5.91. The normalized spacial score (nSPS) is 11.9. The fraction of sp³-hybridized carbons (Fsp3) is 0.513. The molecule has 0 aliphatic heterocycles. The predicted octanol–water partition coefficient (Wildman–Crippen LogP) is 11.7. The molecule has 228 valence electrons. The first-order valence-corrected chi connectivity index (χ1v) is 16.7. The zero-order chi connectivity index (χ0) is 29.8. The summed E-state index contributed by atoms with van der Waals surface area (Å²) in [6.45, 7) is 7.38. The summed E-state index contributed by atoms with van der Waals surface area (Å²) < 4.78 is 11.7. The molecule has 3 aromatic carbocycles. The lowest BCUT2D eigenvalue weighted by molar-refractivity contribution is 0.0627. The third-order valence-electron chi connectivity index (χ3n) is 8.15. The molecule has 3 aromatic rings. The summed E-state index contributed by atoms with van der Waals surface area (Å²) in [5.74, 6) is 0.200. The average molecular weight is 571 g/mol. The molecule has 3 heteroatoms. The van der Waals surface area contributed by atoms with E-state index in [0.717, 1.165) is 36.1 Å². The Hall–Kier alpha value is -2.91. The van der Waals surface area contributed by atoms with E-state index in [2.05, 4.69) is 45.0 Å². The van der Waals surface area contributed by atoms with Gasteiger partial charge in [-0.05, 0) is 72.7 Å². The maximum atomic E-state index is 12.8. The van der Waals surface area contributed by atoms with Gasteiger partial charge in [-0.2, -0.15) is 0 Å². The summed E-state index contributed by atoms with van der Waals surface area (Å²) in [5, 5.41) is 0. The van der Waals surface area contributed by atoms with Crippen molar-refractivity contribution in [1.82, 2.24) is 0 Å². The van der Waals surface area contributed by atoms with Crippen molar-refractivity contribution in [2.75, 3.05) is 6.61 Å². The molecule has 0 amide bonds. The summed E-state index contributed by atoms with van der Waals surface area (Å²) in [6, 6.07) is 24.2. The summed E-state index contributed by atoms with van der Waals surface area (Å²) in [4.78, 5) is 12.8. The standard InChI is InChI=1S/C39H54O3/c1-4-6-8-10-12-14-16-18-33-19-21-35(22-20-33)36-23-25-37(26-24-36)39(40)42-38-29-27-34(28-30-38)32(3)41-31-17-15-13-11-9-7-5-2/h19-30,32H,4-18,31H2,1-3H3. The van der Waals surface area contributed by atoms with E-state index in [1.807, 2.05) is 48.5 Å². The van der Waals surface area contributed by atoms with Gasteiger partial charge in [-0.15, -0.1) is 0 Å². The fourth-order valence-corrected chi connectivity index (χ4v) is 5.34. The number of ether oxygens (including phenoxy) is 2. The molecule has 0 fully saturated rings. The van der Waals surface area contributed by atoms with Crippen LogP contribution in [0.4, 0.5) is 0 Å². The van der Waals surface area contributed by atoms with Gasteiger partial charge in [0, 0.05) is 6.61 Å². The molecule has 0 aliphatic rings. The fourth-order valence-electron chi connectivity index (χ4n) is 5.34. The van der Waals surface area contributed by atoms with Crippen LogP contribution >= 0.6 is 0 Å². The third kappa shape index (κ3) is 12.5. The molecule has 1 unspecified atom stereocenters. The smallest absolute Gasteiger partial charge is 0.343 e. The van der Waals surface area contributed by atoms with Crippen LogP contribution in [-0.2, 0) is 11.2 Å². The molecule has 0 saturated heterocycles. The largest absolute Gasteiger partial charge is 0.423 e. The number of rotatable bonds is 21. The highest BCUT2D eigenvalue weighted by atomic mass is 16.5. The lowest BCUT2D eigenvalue weighted by atomic mass is 10.00. The van der Waals surface area contributed by atoms with Gasteiger partial charge >= 0.3 is 5.97 Å². The molecular weight excluding hydrogens is 516 g/mol. The van der Waals surface area contributed by atoms with Crippen LogP contribution in [0.15, 0.2) is 72.8 Å². The van der Waals surface area contributed by atoms with Crippen LogP contribution in [0.2, 0.25) is 0 Å². The highest BCUT2D eigenvalue weighted by Crippen LogP contribution is 2.24. The van der Waals surface area contributed by atoms with Crippen molar-refractivity contribution in [2.45, 2.75) is 123 Å². The first-order valence-electron chi connectivity index (χ1n) is 16.7. The summed E-state index contributed by atoms with van der Waals surface area (Å²) in [6.07, 6.45) is 19.5. The van der Waals surface area contributed by atoms with E-state index in [4.69, 9.17) is 9.47 Å². The Balaban J connectivity index is 1.39. The Morgan fingerprint density at radius 3 is 1.67 bits per heavy atom. The molecule has 0 spiro atoms. The number of benzene rings is 3. The molecule has 0 N–H and O–H groups in total. The Bertz CT molecular complexity index is 1120. The van der Waals surface area contributed by atoms with E-state index in [1.54, 1.807) is 0 Å². The molecule has 3 nitrogen and oxygen atoms in total. The van der Waals surface area contributed by atoms with Crippen LogP contribution in [0.1, 0.15) is 138 Å². The second-order valence-electron chi connectivity index (χ2n) is 11.7. The quantitative estimate of drug-likeness (QED) is 0.0726. The predicted molar refractivity (Wildman–Crippen MR) is 177 cm³/mol. The van der Waals surface area contributed by atoms with Crippen LogP contribution in [0.5, 0.6) is 5.75 Å². The van der Waals surface area contributed by atoms with Gasteiger partial charge < -0.3 is 9.47 Å². The van der Waals surface area contributed by atoms with Gasteiger partial charge in [-0.25, -0.2) is 4.79 Å². The van der Waals surface area contributed by atoms with Crippen LogP contribution in [0, 0.1) is 0 Å². The van der Waals surface area contributed by atoms with Crippen molar-refractivity contribution in [2.24, 2.45) is 0 Å². The minimum Gasteiger partial charge on any atom is -0.423 e. The monoisotopic (exact) mass is 570 g/mol. The molecule has 0 aliphatic carbocycles. The van der Waals surface area contributed by atoms with Crippen molar-refractivity contribution in [3.05, 3.63) is 89.5 Å². The van der Waals surface area contributed by atoms with Crippen LogP contribution in [0.25, 0.3) is 11.1 Å². The van der Waals surface area contributed by atoms with E-state index in [1.165, 1.54) is 89.0 Å². The van der Waals surface area contributed by atoms with Gasteiger partial charge in [0.1, 0.15) is 5.75 Å². The minimum atomic E-state index is -0.345. The maximum absolute atomic E-state index is 12.8. The van der Waals surface area contributed by atoms with Crippen molar-refractivity contribution in [3.63, 3.8) is 0 Å². The van der Waals surface area contributed by atoms with Gasteiger partial charge in [-0.3, -0.25) is 0 Å². The highest BCUT2D eigenvalue weighted by Gasteiger charge is 2.11. The maximum Gasteiger partial charge on any atom is 0.343 e. The zero-order valence-electron chi connectivity index (χ0n) is 26.5. The molecule has 0 heterocycles. The number of hydrogen-bond donors (Lipinski definition) is 0. The van der Waals surface area contributed by atoms with Crippen LogP contribution in [-0.4, -0.2) is 12.6 Å². The van der Waals surface area contributed by atoms with Crippen LogP contribution in [0.3, 0.4) is 0 Å². The summed E-state index contributed by atoms with van der Waals surface area (Å²) in [7, 11) is 0. The SMILES string of the molecule is CCCCCCCCCOC(C)c1ccc(OC(=O)c2ccc(-c3ccc(CCCCCCCCC)cc3)cc2)cc1. The van der Waals surface area contributed by atoms with Gasteiger partial charge in [0.15, 0.2) is 0 Å². The molecular formula is C39H54O3. The van der Waals surface area contributed by atoms with Crippen molar-refractivity contribution < 1.29 is 14.3 Å². The number of hydrogen-bond acceptors (Lipinski definition) is 3. The van der Waals surface area contributed by atoms with Gasteiger partial charge in [-0.1, -0.05) is 139 Å². The zero-order valence-corrected chi connectivity index (χ0v) is 26.5. The van der Waals surface area contributed by atoms with Crippen molar-refractivity contribution >= 4 is 5.97 Å². The Labute approximate surface area is 256 Å². The topological polar surface area (TPSA) is 35.5 Å². The van der Waals surface area contributed by atoms with E-state index in [0.29, 0.717) is 11.3 Å². The van der Waals surface area contributed by atoms with Crippen molar-refractivity contribution in [3.8, 4) is 16.9 Å². The molecule has 42 heavy (non-hydrogen) atoms. The summed E-state index contributed by atoms with van der Waals surface area (Å²) >= 11 is 0. The third-order valence-corrected chi connectivity index (χ3v) is 8.15. The molecule has 0 saturated carbocycles. The second kappa shape index (κ2) is 20.1. The molecule has 0 radical (unpaired) electrons. The average Bonchev–Trinajstić information content (AvgIpc) is 3.02. The van der Waals surface area contributed by atoms with Crippen molar-refractivity contribution in [1.29, 1.82) is 0 Å². The minimum absolute atomic E-state index is 0.0248. The van der Waals surface area contributed by atoms with E-state index in [9.17, 15) is 4.79 Å². The summed E-state index contributed by atoms with van der Waals surface area (Å²) in [5.41, 5.74) is 5.30. The van der Waals surface area contributed by atoms with E-state index >= 15 is 0 Å². The first kappa shape index (κ1) is 33.6. The number of aryl methyl sites for hydroxylation is 1. The number of carbonyl (C=O) groups is 1. The molecule has 0 aromatic heterocycles. The number of esters is 1.